The van der Waals surface area contributed by atoms with E-state index >= 15 is 0 Å². The smallest absolute Gasteiger partial charge is 0.257 e. The summed E-state index contributed by atoms with van der Waals surface area (Å²) in [6.45, 7) is 9.65. The van der Waals surface area contributed by atoms with Crippen molar-refractivity contribution >= 4 is 52.4 Å². The number of piperidine rings is 1. The van der Waals surface area contributed by atoms with Gasteiger partial charge in [-0.2, -0.15) is 0 Å². The second-order valence-corrected chi connectivity index (χ2v) is 13.2. The average Bonchev–Trinajstić information content (AvgIpc) is 3.55. The topological polar surface area (TPSA) is 80.3 Å². The van der Waals surface area contributed by atoms with Crippen molar-refractivity contribution in [3.8, 4) is 0 Å². The largest absolute Gasteiger partial charge is 0.362 e. The summed E-state index contributed by atoms with van der Waals surface area (Å²) in [5, 5.41) is 1.03. The number of halogens is 2. The molecule has 3 aliphatic rings. The minimum Gasteiger partial charge on any atom is -0.362 e. The summed E-state index contributed by atoms with van der Waals surface area (Å²) >= 11 is 12.6. The zero-order chi connectivity index (χ0) is 30.8. The highest BCUT2D eigenvalue weighted by molar-refractivity contribution is 6.31. The van der Waals surface area contributed by atoms with Crippen LogP contribution in [0.4, 0.5) is 11.5 Å². The van der Waals surface area contributed by atoms with Crippen molar-refractivity contribution < 1.29 is 14.4 Å². The molecule has 2 unspecified atom stereocenters. The molecule has 9 nitrogen and oxygen atoms in total. The molecule has 2 atom stereocenters. The number of aromatic nitrogens is 1. The molecule has 3 fully saturated rings. The van der Waals surface area contributed by atoms with Gasteiger partial charge >= 0.3 is 0 Å². The van der Waals surface area contributed by atoms with E-state index in [9.17, 15) is 14.4 Å². The first-order chi connectivity index (χ1) is 20.5. The van der Waals surface area contributed by atoms with Gasteiger partial charge in [0.05, 0.1) is 5.56 Å². The Morgan fingerprint density at radius 1 is 0.953 bits per heavy atom. The average molecular weight is 630 g/mol. The Bertz CT molecular complexity index is 1350. The lowest BCUT2D eigenvalue weighted by Crippen LogP contribution is -2.44. The highest BCUT2D eigenvalue weighted by Gasteiger charge is 2.42. The summed E-state index contributed by atoms with van der Waals surface area (Å²) in [4.78, 5) is 53.3. The lowest BCUT2D eigenvalue weighted by molar-refractivity contribution is -0.133. The lowest BCUT2D eigenvalue weighted by Gasteiger charge is -2.34. The van der Waals surface area contributed by atoms with Gasteiger partial charge < -0.3 is 24.5 Å². The van der Waals surface area contributed by atoms with E-state index in [-0.39, 0.29) is 23.6 Å². The van der Waals surface area contributed by atoms with Crippen LogP contribution in [0, 0.1) is 24.7 Å². The van der Waals surface area contributed by atoms with Gasteiger partial charge in [0.25, 0.3) is 5.91 Å². The van der Waals surface area contributed by atoms with Gasteiger partial charge in [0.2, 0.25) is 11.8 Å². The van der Waals surface area contributed by atoms with Crippen LogP contribution in [0.25, 0.3) is 0 Å². The van der Waals surface area contributed by atoms with E-state index < -0.39 is 0 Å². The first kappa shape index (κ1) is 31.5. The number of nitrogens with zero attached hydrogens (tertiary/aromatic N) is 6. The Morgan fingerprint density at radius 2 is 1.63 bits per heavy atom. The van der Waals surface area contributed by atoms with Crippen molar-refractivity contribution in [1.29, 1.82) is 0 Å². The second-order valence-electron chi connectivity index (χ2n) is 12.4. The molecular formula is C32H42Cl2N6O3. The van der Waals surface area contributed by atoms with Crippen LogP contribution in [0.5, 0.6) is 0 Å². The van der Waals surface area contributed by atoms with Crippen LogP contribution in [0.3, 0.4) is 0 Å². The van der Waals surface area contributed by atoms with Crippen molar-refractivity contribution in [2.75, 3.05) is 76.3 Å². The normalized spacial score (nSPS) is 20.8. The number of hydrogen-bond acceptors (Lipinski definition) is 6. The summed E-state index contributed by atoms with van der Waals surface area (Å²) in [6.07, 6.45) is 2.21. The molecule has 4 heterocycles. The maximum absolute atomic E-state index is 13.8. The van der Waals surface area contributed by atoms with E-state index in [2.05, 4.69) is 9.88 Å². The molecule has 0 bridgehead atoms. The SMILES string of the molecule is CC(=O)N1CCC(C(=O)N(CCCN2CC3CN(C(=O)c4ccc(Cl)nc4N(C)C)CC3C2)c2ccc(C)c(Cl)c2)CC1. The Labute approximate surface area is 264 Å². The van der Waals surface area contributed by atoms with Gasteiger partial charge in [-0.3, -0.25) is 14.4 Å². The maximum Gasteiger partial charge on any atom is 0.257 e. The molecular weight excluding hydrogens is 587 g/mol. The number of amides is 3. The third kappa shape index (κ3) is 7.10. The number of hydrogen-bond donors (Lipinski definition) is 0. The van der Waals surface area contributed by atoms with Crippen LogP contribution in [-0.4, -0.2) is 104 Å². The first-order valence-electron chi connectivity index (χ1n) is 15.2. The lowest BCUT2D eigenvalue weighted by atomic mass is 9.94. The van der Waals surface area contributed by atoms with E-state index in [1.165, 1.54) is 0 Å². The fraction of sp³-hybridized carbons (Fsp3) is 0.562. The summed E-state index contributed by atoms with van der Waals surface area (Å²) in [7, 11) is 3.73. The van der Waals surface area contributed by atoms with E-state index in [4.69, 9.17) is 23.2 Å². The number of carbonyl (C=O) groups is 3. The number of anilines is 2. The van der Waals surface area contributed by atoms with Crippen LogP contribution in [0.2, 0.25) is 10.2 Å². The number of aryl methyl sites for hydroxylation is 1. The number of carbonyl (C=O) groups excluding carboxylic acids is 3. The Morgan fingerprint density at radius 3 is 2.23 bits per heavy atom. The van der Waals surface area contributed by atoms with E-state index in [0.717, 1.165) is 50.4 Å². The Hall–Kier alpha value is -2.88. The van der Waals surface area contributed by atoms with Crippen molar-refractivity contribution in [1.82, 2.24) is 19.7 Å². The maximum atomic E-state index is 13.8. The highest BCUT2D eigenvalue weighted by Crippen LogP contribution is 2.33. The van der Waals surface area contributed by atoms with E-state index in [1.807, 2.05) is 58.8 Å². The van der Waals surface area contributed by atoms with E-state index in [1.54, 1.807) is 19.1 Å². The first-order valence-corrected chi connectivity index (χ1v) is 16.0. The summed E-state index contributed by atoms with van der Waals surface area (Å²) < 4.78 is 0. The summed E-state index contributed by atoms with van der Waals surface area (Å²) in [6, 6.07) is 9.28. The monoisotopic (exact) mass is 628 g/mol. The quantitative estimate of drug-likeness (QED) is 0.402. The van der Waals surface area contributed by atoms with Gasteiger partial charge in [0, 0.05) is 83.5 Å². The number of rotatable bonds is 8. The number of benzene rings is 1. The zero-order valence-corrected chi connectivity index (χ0v) is 27.1. The van der Waals surface area contributed by atoms with Crippen LogP contribution in [0.15, 0.2) is 30.3 Å². The standard InChI is InChI=1S/C32H42Cl2N6O3/c1-21-6-7-26(16-28(21)33)40(31(42)23-10-14-38(15-11-23)22(2)41)13-5-12-37-17-24-19-39(20-25(24)18-37)32(43)27-8-9-29(34)35-30(27)36(3)4/h6-9,16,23-25H,5,10-15,17-20H2,1-4H3. The molecule has 3 saturated heterocycles. The molecule has 0 N–H and O–H groups in total. The van der Waals surface area contributed by atoms with Crippen LogP contribution in [0.1, 0.15) is 42.1 Å². The Kier molecular flexibility index (Phi) is 9.83. The molecule has 1 aromatic heterocycles. The molecule has 0 saturated carbocycles. The molecule has 0 spiro atoms. The summed E-state index contributed by atoms with van der Waals surface area (Å²) in [5.74, 6) is 1.55. The van der Waals surface area contributed by atoms with Gasteiger partial charge in [-0.15, -0.1) is 0 Å². The highest BCUT2D eigenvalue weighted by atomic mass is 35.5. The molecule has 232 valence electrons. The number of fused-ring (bicyclic) bond motifs is 1. The third-order valence-corrected chi connectivity index (χ3v) is 9.84. The van der Waals surface area contributed by atoms with Gasteiger partial charge in [-0.1, -0.05) is 29.3 Å². The summed E-state index contributed by atoms with van der Waals surface area (Å²) in [5.41, 5.74) is 2.39. The molecule has 0 aliphatic carbocycles. The minimum atomic E-state index is -0.103. The fourth-order valence-electron chi connectivity index (χ4n) is 6.77. The van der Waals surface area contributed by atoms with Gasteiger partial charge in [0.1, 0.15) is 11.0 Å². The van der Waals surface area contributed by atoms with Crippen molar-refractivity contribution in [2.45, 2.75) is 33.1 Å². The zero-order valence-electron chi connectivity index (χ0n) is 25.6. The van der Waals surface area contributed by atoms with Gasteiger partial charge in [-0.25, -0.2) is 4.98 Å². The number of pyridine rings is 1. The Balaban J connectivity index is 1.17. The van der Waals surface area contributed by atoms with Crippen LogP contribution in [-0.2, 0) is 9.59 Å². The molecule has 43 heavy (non-hydrogen) atoms. The van der Waals surface area contributed by atoms with Crippen molar-refractivity contribution in [2.24, 2.45) is 17.8 Å². The molecule has 3 amide bonds. The second kappa shape index (κ2) is 13.4. The third-order valence-electron chi connectivity index (χ3n) is 9.22. The minimum absolute atomic E-state index is 0.00821. The van der Waals surface area contributed by atoms with Crippen molar-refractivity contribution in [3.63, 3.8) is 0 Å². The number of likely N-dealkylation sites (tertiary alicyclic amines) is 3. The molecule has 5 rings (SSSR count). The van der Waals surface area contributed by atoms with Gasteiger partial charge in [0.15, 0.2) is 0 Å². The van der Waals surface area contributed by atoms with Gasteiger partial charge in [-0.05, 0) is 74.4 Å². The molecule has 0 radical (unpaired) electrons. The predicted molar refractivity (Wildman–Crippen MR) is 171 cm³/mol. The van der Waals surface area contributed by atoms with Crippen molar-refractivity contribution in [3.05, 3.63) is 51.6 Å². The van der Waals surface area contributed by atoms with Crippen LogP contribution >= 0.6 is 23.2 Å². The van der Waals surface area contributed by atoms with Crippen LogP contribution < -0.4 is 9.80 Å². The molecule has 2 aromatic rings. The van der Waals surface area contributed by atoms with E-state index in [0.29, 0.717) is 65.9 Å². The molecule has 3 aliphatic heterocycles. The molecule has 11 heteroatoms. The molecule has 1 aromatic carbocycles. The predicted octanol–water partition coefficient (Wildman–Crippen LogP) is 4.45. The fourth-order valence-corrected chi connectivity index (χ4v) is 7.09.